The van der Waals surface area contributed by atoms with Gasteiger partial charge in [0.1, 0.15) is 0 Å². The Balaban J connectivity index is 2.55. The van der Waals surface area contributed by atoms with E-state index in [1.165, 1.54) is 0 Å². The molecule has 6 heteroatoms. The standard InChI is InChI=1S/C10H13N3OS2/c1-7(6-16(2)14)13-9-3-4-11-5-8(9)12-10(13)15/h3-5,7H,6H2,1-2H3,(H,12,15). The molecule has 2 aromatic heterocycles. The van der Waals surface area contributed by atoms with E-state index in [1.807, 2.05) is 17.6 Å². The van der Waals surface area contributed by atoms with Crippen LogP contribution < -0.4 is 0 Å². The Kier molecular flexibility index (Phi) is 3.20. The van der Waals surface area contributed by atoms with Gasteiger partial charge in [-0.1, -0.05) is 0 Å². The first-order chi connectivity index (χ1) is 7.59. The summed E-state index contributed by atoms with van der Waals surface area (Å²) in [6, 6.07) is 2.03. The highest BCUT2D eigenvalue weighted by atomic mass is 32.2. The van der Waals surface area contributed by atoms with E-state index in [0.29, 0.717) is 10.5 Å². The number of aromatic nitrogens is 3. The lowest BCUT2D eigenvalue weighted by Crippen LogP contribution is -2.12. The zero-order chi connectivity index (χ0) is 11.7. The first-order valence-electron chi connectivity index (χ1n) is 4.94. The number of pyridine rings is 1. The van der Waals surface area contributed by atoms with Crippen molar-refractivity contribution in [2.75, 3.05) is 12.0 Å². The van der Waals surface area contributed by atoms with Crippen LogP contribution in [0.3, 0.4) is 0 Å². The van der Waals surface area contributed by atoms with Crippen molar-refractivity contribution in [1.29, 1.82) is 0 Å². The second-order valence-electron chi connectivity index (χ2n) is 3.78. The predicted molar refractivity (Wildman–Crippen MR) is 68.6 cm³/mol. The van der Waals surface area contributed by atoms with Crippen LogP contribution in [0.4, 0.5) is 0 Å². The lowest BCUT2D eigenvalue weighted by atomic mass is 10.3. The van der Waals surface area contributed by atoms with Gasteiger partial charge in [-0.3, -0.25) is 9.19 Å². The van der Waals surface area contributed by atoms with Crippen LogP contribution in [0.2, 0.25) is 0 Å². The van der Waals surface area contributed by atoms with E-state index in [0.717, 1.165) is 11.0 Å². The molecule has 0 amide bonds. The van der Waals surface area contributed by atoms with Crippen molar-refractivity contribution in [3.63, 3.8) is 0 Å². The van der Waals surface area contributed by atoms with Gasteiger partial charge in [-0.15, -0.1) is 0 Å². The number of H-pyrrole nitrogens is 1. The molecular formula is C10H13N3OS2. The fraction of sp³-hybridized carbons (Fsp3) is 0.400. The third-order valence-corrected chi connectivity index (χ3v) is 3.69. The van der Waals surface area contributed by atoms with Crippen molar-refractivity contribution in [1.82, 2.24) is 14.5 Å². The van der Waals surface area contributed by atoms with Gasteiger partial charge in [-0.25, -0.2) is 0 Å². The molecule has 4 nitrogen and oxygen atoms in total. The number of nitrogens with zero attached hydrogens (tertiary/aromatic N) is 2. The second-order valence-corrected chi connectivity index (χ2v) is 5.65. The molecule has 2 unspecified atom stereocenters. The summed E-state index contributed by atoms with van der Waals surface area (Å²) in [5.41, 5.74) is 1.93. The van der Waals surface area contributed by atoms with Gasteiger partial charge in [0, 0.05) is 35.0 Å². The first kappa shape index (κ1) is 11.5. The quantitative estimate of drug-likeness (QED) is 0.854. The Hall–Kier alpha value is -1.01. The van der Waals surface area contributed by atoms with Crippen molar-refractivity contribution >= 4 is 34.1 Å². The fourth-order valence-corrected chi connectivity index (χ4v) is 3.05. The molecule has 0 aromatic carbocycles. The minimum Gasteiger partial charge on any atom is -0.329 e. The van der Waals surface area contributed by atoms with Crippen LogP contribution >= 0.6 is 12.2 Å². The SMILES string of the molecule is CC(CS(C)=O)n1c(=S)[nH]c2cnccc21. The van der Waals surface area contributed by atoms with Crippen LogP contribution in [0, 0.1) is 4.77 Å². The molecule has 0 aliphatic heterocycles. The van der Waals surface area contributed by atoms with Gasteiger partial charge in [-0.05, 0) is 25.2 Å². The van der Waals surface area contributed by atoms with E-state index in [4.69, 9.17) is 12.2 Å². The fourth-order valence-electron chi connectivity index (χ4n) is 1.83. The van der Waals surface area contributed by atoms with E-state index < -0.39 is 10.8 Å². The van der Waals surface area contributed by atoms with Gasteiger partial charge in [0.2, 0.25) is 0 Å². The van der Waals surface area contributed by atoms with E-state index in [9.17, 15) is 4.21 Å². The van der Waals surface area contributed by atoms with Crippen LogP contribution in [0.15, 0.2) is 18.5 Å². The average molecular weight is 255 g/mol. The Morgan fingerprint density at radius 1 is 1.69 bits per heavy atom. The van der Waals surface area contributed by atoms with Crippen molar-refractivity contribution in [2.24, 2.45) is 0 Å². The Morgan fingerprint density at radius 3 is 3.12 bits per heavy atom. The largest absolute Gasteiger partial charge is 0.329 e. The summed E-state index contributed by atoms with van der Waals surface area (Å²) >= 11 is 5.26. The number of hydrogen-bond acceptors (Lipinski definition) is 3. The number of imidazole rings is 1. The summed E-state index contributed by atoms with van der Waals surface area (Å²) in [6.07, 6.45) is 5.19. The Morgan fingerprint density at radius 2 is 2.44 bits per heavy atom. The van der Waals surface area contributed by atoms with E-state index in [2.05, 4.69) is 9.97 Å². The molecule has 0 saturated carbocycles. The second kappa shape index (κ2) is 4.47. The molecule has 0 aliphatic carbocycles. The van der Waals surface area contributed by atoms with Gasteiger partial charge >= 0.3 is 0 Å². The molecule has 86 valence electrons. The van der Waals surface area contributed by atoms with Crippen molar-refractivity contribution < 1.29 is 4.21 Å². The Bertz CT molecular complexity index is 587. The molecular weight excluding hydrogens is 242 g/mol. The van der Waals surface area contributed by atoms with Crippen LogP contribution in [-0.4, -0.2) is 30.8 Å². The van der Waals surface area contributed by atoms with Crippen LogP contribution in [0.1, 0.15) is 13.0 Å². The maximum atomic E-state index is 11.2. The molecule has 2 heterocycles. The molecule has 0 radical (unpaired) electrons. The van der Waals surface area contributed by atoms with E-state index in [-0.39, 0.29) is 6.04 Å². The van der Waals surface area contributed by atoms with Gasteiger partial charge in [-0.2, -0.15) is 0 Å². The van der Waals surface area contributed by atoms with Crippen molar-refractivity contribution in [2.45, 2.75) is 13.0 Å². The maximum Gasteiger partial charge on any atom is 0.178 e. The van der Waals surface area contributed by atoms with Crippen LogP contribution in [-0.2, 0) is 10.8 Å². The average Bonchev–Trinajstić information content (AvgIpc) is 2.52. The monoisotopic (exact) mass is 255 g/mol. The summed E-state index contributed by atoms with van der Waals surface area (Å²) in [4.78, 5) is 7.13. The van der Waals surface area contributed by atoms with Crippen molar-refractivity contribution in [3.8, 4) is 0 Å². The predicted octanol–water partition coefficient (Wildman–Crippen LogP) is 2.03. The van der Waals surface area contributed by atoms with Crippen LogP contribution in [0.25, 0.3) is 11.0 Å². The molecule has 0 spiro atoms. The minimum absolute atomic E-state index is 0.120. The van der Waals surface area contributed by atoms with E-state index in [1.54, 1.807) is 18.6 Å². The smallest absolute Gasteiger partial charge is 0.178 e. The highest BCUT2D eigenvalue weighted by Crippen LogP contribution is 2.18. The molecule has 0 fully saturated rings. The third kappa shape index (κ3) is 2.08. The number of rotatable bonds is 3. The van der Waals surface area contributed by atoms with Gasteiger partial charge < -0.3 is 9.55 Å². The number of fused-ring (bicyclic) bond motifs is 1. The van der Waals surface area contributed by atoms with Crippen LogP contribution in [0.5, 0.6) is 0 Å². The van der Waals surface area contributed by atoms with Crippen molar-refractivity contribution in [3.05, 3.63) is 23.2 Å². The summed E-state index contributed by atoms with van der Waals surface area (Å²) in [5.74, 6) is 0.601. The zero-order valence-electron chi connectivity index (χ0n) is 9.14. The number of hydrogen-bond donors (Lipinski definition) is 1. The molecule has 2 aromatic rings. The number of nitrogens with one attached hydrogen (secondary N) is 1. The van der Waals surface area contributed by atoms with Gasteiger partial charge in [0.15, 0.2) is 4.77 Å². The molecule has 1 N–H and O–H groups in total. The first-order valence-corrected chi connectivity index (χ1v) is 7.07. The summed E-state index contributed by atoms with van der Waals surface area (Å²) in [7, 11) is -0.828. The molecule has 0 bridgehead atoms. The molecule has 16 heavy (non-hydrogen) atoms. The number of aromatic amines is 1. The summed E-state index contributed by atoms with van der Waals surface area (Å²) < 4.78 is 13.9. The minimum atomic E-state index is -0.828. The third-order valence-electron chi connectivity index (χ3n) is 2.43. The normalized spacial score (nSPS) is 15.1. The summed E-state index contributed by atoms with van der Waals surface area (Å²) in [6.45, 7) is 2.02. The molecule has 0 saturated heterocycles. The topological polar surface area (TPSA) is 50.7 Å². The molecule has 2 atom stereocenters. The van der Waals surface area contributed by atoms with E-state index >= 15 is 0 Å². The highest BCUT2D eigenvalue weighted by Gasteiger charge is 2.12. The zero-order valence-corrected chi connectivity index (χ0v) is 10.8. The molecule has 2 rings (SSSR count). The maximum absolute atomic E-state index is 11.2. The highest BCUT2D eigenvalue weighted by molar-refractivity contribution is 7.84. The molecule has 0 aliphatic rings. The van der Waals surface area contributed by atoms with Gasteiger partial charge in [0.05, 0.1) is 17.2 Å². The lowest BCUT2D eigenvalue weighted by molar-refractivity contribution is 0.605. The summed E-state index contributed by atoms with van der Waals surface area (Å²) in [5, 5.41) is 0. The Labute approximate surface area is 101 Å². The van der Waals surface area contributed by atoms with Gasteiger partial charge in [0.25, 0.3) is 0 Å². The lowest BCUT2D eigenvalue weighted by Gasteiger charge is -2.12.